The molecule has 7 nitrogen and oxygen atoms in total. The predicted octanol–water partition coefficient (Wildman–Crippen LogP) is 1.79. The smallest absolute Gasteiger partial charge is 0.347 e. The molecule has 142 valence electrons. The van der Waals surface area contributed by atoms with Crippen LogP contribution in [0.4, 0.5) is 0 Å². The quantitative estimate of drug-likeness (QED) is 0.535. The molecule has 8 heteroatoms. The summed E-state index contributed by atoms with van der Waals surface area (Å²) in [6.07, 6.45) is -0.585. The molecule has 0 spiro atoms. The first-order valence-electron chi connectivity index (χ1n) is 8.76. The van der Waals surface area contributed by atoms with Crippen LogP contribution in [-0.4, -0.2) is 43.9 Å². The van der Waals surface area contributed by atoms with Crippen molar-refractivity contribution < 1.29 is 31.7 Å². The molecule has 0 aromatic heterocycles. The van der Waals surface area contributed by atoms with Crippen LogP contribution in [0.1, 0.15) is 53.9 Å². The normalized spacial score (nSPS) is 39.2. The van der Waals surface area contributed by atoms with E-state index in [1.165, 1.54) is 6.92 Å². The molecule has 3 aliphatic rings. The summed E-state index contributed by atoms with van der Waals surface area (Å²) in [5, 5.41) is -0.509. The third kappa shape index (κ3) is 2.77. The average Bonchev–Trinajstić information content (AvgIpc) is 3.02. The molecule has 3 fully saturated rings. The third-order valence-electron chi connectivity index (χ3n) is 6.26. The van der Waals surface area contributed by atoms with Gasteiger partial charge in [0.05, 0.1) is 10.7 Å². The highest BCUT2D eigenvalue weighted by Gasteiger charge is 2.72. The number of hydrogen-bond donors (Lipinski definition) is 0. The molecule has 0 aromatic carbocycles. The van der Waals surface area contributed by atoms with Gasteiger partial charge in [-0.05, 0) is 40.0 Å². The van der Waals surface area contributed by atoms with E-state index in [4.69, 9.17) is 13.7 Å². The maximum atomic E-state index is 12.4. The molecule has 0 aromatic rings. The Kier molecular flexibility index (Phi) is 4.23. The summed E-state index contributed by atoms with van der Waals surface area (Å²) in [4.78, 5) is 24.5. The zero-order chi connectivity index (χ0) is 18.8. The van der Waals surface area contributed by atoms with Crippen LogP contribution in [-0.2, 0) is 33.4 Å². The van der Waals surface area contributed by atoms with Crippen molar-refractivity contribution in [3.8, 4) is 0 Å². The van der Waals surface area contributed by atoms with Crippen molar-refractivity contribution in [1.29, 1.82) is 0 Å². The third-order valence-corrected chi connectivity index (χ3v) is 8.16. The van der Waals surface area contributed by atoms with Crippen LogP contribution in [0.2, 0.25) is 0 Å². The van der Waals surface area contributed by atoms with Crippen molar-refractivity contribution >= 4 is 22.1 Å². The lowest BCUT2D eigenvalue weighted by molar-refractivity contribution is -0.179. The lowest BCUT2D eigenvalue weighted by Crippen LogP contribution is -2.44. The lowest BCUT2D eigenvalue weighted by atomic mass is 9.82. The SMILES string of the molecule is CCC(C)(C)C(=O)OC(C)C(=O)OC1C2CC3C(C)(C2)C1OS3(=O)=O. The monoisotopic (exact) mass is 374 g/mol. The van der Waals surface area contributed by atoms with E-state index in [9.17, 15) is 18.0 Å². The standard InChI is InChI=1S/C17H26O7S/c1-6-16(3,4)15(19)22-9(2)14(18)23-12-10-7-11-17(5,8-10)13(12)24-25(11,20)21/h9-13H,6-8H2,1-5H3. The molecule has 2 bridgehead atoms. The van der Waals surface area contributed by atoms with Crippen LogP contribution in [0.15, 0.2) is 0 Å². The van der Waals surface area contributed by atoms with Crippen LogP contribution in [0.3, 0.4) is 0 Å². The molecule has 3 rings (SSSR count). The summed E-state index contributed by atoms with van der Waals surface area (Å²) >= 11 is 0. The van der Waals surface area contributed by atoms with Crippen LogP contribution >= 0.6 is 0 Å². The van der Waals surface area contributed by atoms with Gasteiger partial charge < -0.3 is 9.47 Å². The highest BCUT2D eigenvalue weighted by molar-refractivity contribution is 7.87. The fourth-order valence-electron chi connectivity index (χ4n) is 4.22. The number of esters is 2. The van der Waals surface area contributed by atoms with Gasteiger partial charge in [-0.15, -0.1) is 0 Å². The van der Waals surface area contributed by atoms with Gasteiger partial charge in [-0.25, -0.2) is 4.79 Å². The molecule has 6 atom stereocenters. The van der Waals surface area contributed by atoms with E-state index in [0.717, 1.165) is 0 Å². The first kappa shape index (κ1) is 18.6. The van der Waals surface area contributed by atoms with Crippen LogP contribution in [0.25, 0.3) is 0 Å². The van der Waals surface area contributed by atoms with Crippen LogP contribution in [0, 0.1) is 16.7 Å². The Hall–Kier alpha value is -1.15. The van der Waals surface area contributed by atoms with Crippen molar-refractivity contribution in [2.45, 2.75) is 77.4 Å². The Balaban J connectivity index is 1.66. The van der Waals surface area contributed by atoms with Crippen molar-refractivity contribution in [3.05, 3.63) is 0 Å². The lowest BCUT2D eigenvalue weighted by Gasteiger charge is -2.31. The second kappa shape index (κ2) is 5.67. The summed E-state index contributed by atoms with van der Waals surface area (Å²) in [5.41, 5.74) is -1.18. The molecule has 1 heterocycles. The number of fused-ring (bicyclic) bond motifs is 1. The minimum atomic E-state index is -3.60. The number of carbonyl (C=O) groups is 2. The van der Waals surface area contributed by atoms with Crippen LogP contribution in [0.5, 0.6) is 0 Å². The zero-order valence-electron chi connectivity index (χ0n) is 15.3. The van der Waals surface area contributed by atoms with Gasteiger partial charge in [-0.1, -0.05) is 13.8 Å². The van der Waals surface area contributed by atoms with Crippen molar-refractivity contribution in [1.82, 2.24) is 0 Å². The molecule has 6 unspecified atom stereocenters. The molecule has 1 aliphatic heterocycles. The minimum Gasteiger partial charge on any atom is -0.457 e. The van der Waals surface area contributed by atoms with Gasteiger partial charge in [0.15, 0.2) is 6.10 Å². The van der Waals surface area contributed by atoms with Crippen LogP contribution < -0.4 is 0 Å². The van der Waals surface area contributed by atoms with Gasteiger partial charge in [-0.3, -0.25) is 8.98 Å². The van der Waals surface area contributed by atoms with Gasteiger partial charge in [0.2, 0.25) is 0 Å². The van der Waals surface area contributed by atoms with Gasteiger partial charge in [0.1, 0.15) is 12.2 Å². The van der Waals surface area contributed by atoms with Crippen molar-refractivity contribution in [3.63, 3.8) is 0 Å². The molecule has 1 saturated heterocycles. The number of rotatable bonds is 5. The largest absolute Gasteiger partial charge is 0.457 e. The van der Waals surface area contributed by atoms with Crippen molar-refractivity contribution in [2.75, 3.05) is 0 Å². The number of ether oxygens (including phenoxy) is 2. The van der Waals surface area contributed by atoms with E-state index in [-0.39, 0.29) is 5.92 Å². The molecule has 0 radical (unpaired) electrons. The Morgan fingerprint density at radius 2 is 2.00 bits per heavy atom. The minimum absolute atomic E-state index is 0.0313. The van der Waals surface area contributed by atoms with Crippen molar-refractivity contribution in [2.24, 2.45) is 16.7 Å². The molecule has 25 heavy (non-hydrogen) atoms. The summed E-state index contributed by atoms with van der Waals surface area (Å²) < 4.78 is 40.2. The molecular weight excluding hydrogens is 348 g/mol. The fourth-order valence-corrected chi connectivity index (χ4v) is 6.35. The topological polar surface area (TPSA) is 96.0 Å². The van der Waals surface area contributed by atoms with E-state index in [1.54, 1.807) is 13.8 Å². The van der Waals surface area contributed by atoms with Gasteiger partial charge >= 0.3 is 11.9 Å². The van der Waals surface area contributed by atoms with E-state index in [1.807, 2.05) is 13.8 Å². The van der Waals surface area contributed by atoms with E-state index in [2.05, 4.69) is 0 Å². The van der Waals surface area contributed by atoms with E-state index in [0.29, 0.717) is 19.3 Å². The fraction of sp³-hybridized carbons (Fsp3) is 0.882. The molecule has 0 N–H and O–H groups in total. The summed E-state index contributed by atoms with van der Waals surface area (Å²) in [6.45, 7) is 8.72. The highest BCUT2D eigenvalue weighted by atomic mass is 32.2. The Morgan fingerprint density at radius 1 is 1.36 bits per heavy atom. The van der Waals surface area contributed by atoms with Gasteiger partial charge in [-0.2, -0.15) is 8.42 Å². The maximum Gasteiger partial charge on any atom is 0.347 e. The zero-order valence-corrected chi connectivity index (χ0v) is 16.1. The molecule has 2 aliphatic carbocycles. The summed E-state index contributed by atoms with van der Waals surface area (Å²) in [6, 6.07) is 0. The summed E-state index contributed by atoms with van der Waals surface area (Å²) in [5.74, 6) is -1.15. The molecular formula is C17H26O7S. The Labute approximate surface area is 148 Å². The summed E-state index contributed by atoms with van der Waals surface area (Å²) in [7, 11) is -3.60. The molecule has 2 saturated carbocycles. The molecule has 0 amide bonds. The Bertz CT molecular complexity index is 698. The van der Waals surface area contributed by atoms with E-state index >= 15 is 0 Å². The second-order valence-corrected chi connectivity index (χ2v) is 10.1. The first-order chi connectivity index (χ1) is 11.4. The highest BCUT2D eigenvalue weighted by Crippen LogP contribution is 2.63. The second-order valence-electron chi connectivity index (χ2n) is 8.39. The average molecular weight is 374 g/mol. The maximum absolute atomic E-state index is 12.4. The number of carbonyl (C=O) groups excluding carboxylic acids is 2. The van der Waals surface area contributed by atoms with Gasteiger partial charge in [0.25, 0.3) is 10.1 Å². The first-order valence-corrected chi connectivity index (χ1v) is 10.2. The van der Waals surface area contributed by atoms with Gasteiger partial charge in [0, 0.05) is 11.3 Å². The number of hydrogen-bond acceptors (Lipinski definition) is 7. The Morgan fingerprint density at radius 3 is 2.60 bits per heavy atom. The van der Waals surface area contributed by atoms with E-state index < -0.39 is 56.4 Å². The predicted molar refractivity (Wildman–Crippen MR) is 87.9 cm³/mol.